The average Bonchev–Trinajstić information content (AvgIpc) is 3.33. The summed E-state index contributed by atoms with van der Waals surface area (Å²) in [5.74, 6) is 7.87. The van der Waals surface area contributed by atoms with Crippen molar-refractivity contribution in [2.24, 2.45) is 34.8 Å². The number of rotatable bonds is 13. The van der Waals surface area contributed by atoms with Gasteiger partial charge in [0.2, 0.25) is 0 Å². The first-order valence-corrected chi connectivity index (χ1v) is 23.2. The molecule has 2 heterocycles. The molecule has 0 bridgehead atoms. The Hall–Kier alpha value is -4.70. The van der Waals surface area contributed by atoms with Gasteiger partial charge >= 0.3 is 0 Å². The predicted octanol–water partition coefficient (Wildman–Crippen LogP) is 5.66. The second kappa shape index (κ2) is 19.6. The molecule has 11 unspecified atom stereocenters. The number of fused-ring (bicyclic) bond motifs is 3. The topological polar surface area (TPSA) is 195 Å². The number of aliphatic hydroxyl groups excluding tert-OH is 4. The normalized spacial score (nSPS) is 29.2. The van der Waals surface area contributed by atoms with Gasteiger partial charge in [-0.25, -0.2) is 0 Å². The number of aryl methyl sites for hydroxylation is 1. The number of phenols is 1. The van der Waals surface area contributed by atoms with Gasteiger partial charge in [-0.15, -0.1) is 0 Å². The van der Waals surface area contributed by atoms with Crippen LogP contribution in [0.2, 0.25) is 0 Å². The van der Waals surface area contributed by atoms with E-state index in [9.17, 15) is 35.1 Å². The number of hydrogen-bond acceptors (Lipinski definition) is 11. The van der Waals surface area contributed by atoms with Crippen LogP contribution >= 0.6 is 0 Å². The summed E-state index contributed by atoms with van der Waals surface area (Å²) >= 11 is 0. The van der Waals surface area contributed by atoms with E-state index in [1.165, 1.54) is 7.11 Å². The van der Waals surface area contributed by atoms with Crippen molar-refractivity contribution in [3.8, 4) is 23.3 Å². The smallest absolute Gasteiger partial charge is 0.160 e. The summed E-state index contributed by atoms with van der Waals surface area (Å²) in [4.78, 5) is 26.5. The maximum atomic E-state index is 14.4. The van der Waals surface area contributed by atoms with Gasteiger partial charge in [-0.1, -0.05) is 60.4 Å². The first-order chi connectivity index (χ1) is 30.4. The van der Waals surface area contributed by atoms with Crippen LogP contribution in [0.1, 0.15) is 106 Å². The van der Waals surface area contributed by atoms with Crippen LogP contribution in [0, 0.1) is 40.9 Å². The predicted molar refractivity (Wildman–Crippen MR) is 243 cm³/mol. The van der Waals surface area contributed by atoms with Crippen molar-refractivity contribution in [3.63, 3.8) is 0 Å². The van der Waals surface area contributed by atoms with Crippen molar-refractivity contribution in [2.75, 3.05) is 26.8 Å². The number of aliphatic hydroxyl groups is 4. The number of hydrogen-bond donors (Lipinski definition) is 8. The summed E-state index contributed by atoms with van der Waals surface area (Å²) < 4.78 is 5.48. The molecule has 63 heavy (non-hydrogen) atoms. The van der Waals surface area contributed by atoms with Gasteiger partial charge in [0, 0.05) is 50.3 Å². The summed E-state index contributed by atoms with van der Waals surface area (Å²) in [6.07, 6.45) is 7.40. The van der Waals surface area contributed by atoms with Gasteiger partial charge in [-0.3, -0.25) is 9.59 Å². The molecule has 1 saturated heterocycles. The van der Waals surface area contributed by atoms with E-state index >= 15 is 0 Å². The van der Waals surface area contributed by atoms with Crippen LogP contribution in [0.3, 0.4) is 0 Å². The molecular weight excluding hydrogens is 795 g/mol. The maximum Gasteiger partial charge on any atom is 0.160 e. The zero-order valence-electron chi connectivity index (χ0n) is 36.5. The Labute approximate surface area is 371 Å². The molecule has 5 aliphatic rings. The minimum Gasteiger partial charge on any atom is -0.504 e. The molecule has 3 aromatic carbocycles. The quantitative estimate of drug-likeness (QED) is 0.0990. The largest absolute Gasteiger partial charge is 0.504 e. The Kier molecular flexibility index (Phi) is 14.0. The van der Waals surface area contributed by atoms with E-state index in [4.69, 9.17) is 10.5 Å². The Morgan fingerprint density at radius 2 is 1.81 bits per heavy atom. The van der Waals surface area contributed by atoms with Crippen molar-refractivity contribution >= 4 is 22.3 Å². The van der Waals surface area contributed by atoms with Crippen molar-refractivity contribution < 1.29 is 39.9 Å². The Morgan fingerprint density at radius 1 is 0.984 bits per heavy atom. The summed E-state index contributed by atoms with van der Waals surface area (Å²) in [5, 5.41) is 66.0. The summed E-state index contributed by atoms with van der Waals surface area (Å²) in [7, 11) is 1.47. The number of methoxy groups -OCH3 is 1. The second-order valence-electron chi connectivity index (χ2n) is 19.1. The number of dihydropyridines is 1. The highest BCUT2D eigenvalue weighted by Gasteiger charge is 2.48. The number of allylic oxidation sites excluding steroid dienone is 2. The Bertz CT molecular complexity index is 2280. The van der Waals surface area contributed by atoms with E-state index < -0.39 is 29.6 Å². The lowest BCUT2D eigenvalue weighted by atomic mass is 9.63. The van der Waals surface area contributed by atoms with E-state index in [1.807, 2.05) is 18.2 Å². The molecule has 0 amide bonds. The first kappa shape index (κ1) is 44.9. The fourth-order valence-electron chi connectivity index (χ4n) is 11.6. The molecule has 0 aromatic heterocycles. The number of Topliss-reactive ketones (excluding diaryl/α,β-unsaturated/α-hetero) is 2. The minimum absolute atomic E-state index is 0.0211. The molecule has 11 atom stereocenters. The van der Waals surface area contributed by atoms with Gasteiger partial charge in [-0.05, 0) is 146 Å². The van der Waals surface area contributed by atoms with Crippen molar-refractivity contribution in [2.45, 2.75) is 120 Å². The number of aromatic hydroxyl groups is 1. The minimum atomic E-state index is -1.30. The molecule has 336 valence electrons. The molecule has 1 spiro atoms. The van der Waals surface area contributed by atoms with Gasteiger partial charge in [0.15, 0.2) is 17.3 Å². The van der Waals surface area contributed by atoms with Gasteiger partial charge in [0.25, 0.3) is 0 Å². The maximum absolute atomic E-state index is 14.4. The molecule has 3 aromatic rings. The summed E-state index contributed by atoms with van der Waals surface area (Å²) in [5.41, 5.74) is 8.26. The van der Waals surface area contributed by atoms with Gasteiger partial charge in [0.05, 0.1) is 31.2 Å². The number of nitrogens with one attached hydrogen (secondary N) is 2. The standard InChI is InChI=1S/C52H65N3O8/c1-63-48-25-36-9-11-49(61)52(16-12-31(21-50(52)62)20-34(15-19-56)40-23-39-8-10-41(57)27-44(39)55-30-40)17-13-37(43(36)29-47(48)60)24-45(58)46(59)28-42(38-14-18-54-51(53)26-38)35-7-6-32-4-2-3-5-33(32)22-35/h2-7,14,22,25-26,29,31,34,37,39-40,42,44-46,50,54-56,58-60,62H,8-12,15-16,18-21,23-24,27-28,30,53H2,1H3. The molecule has 2 saturated carbocycles. The molecule has 2 aliphatic heterocycles. The lowest BCUT2D eigenvalue weighted by molar-refractivity contribution is -0.134. The van der Waals surface area contributed by atoms with Crippen LogP contribution in [0.25, 0.3) is 10.8 Å². The van der Waals surface area contributed by atoms with Crippen molar-refractivity contribution in [3.05, 3.63) is 94.8 Å². The van der Waals surface area contributed by atoms with Gasteiger partial charge in [0.1, 0.15) is 11.2 Å². The molecule has 8 rings (SSSR count). The number of piperidine rings is 1. The van der Waals surface area contributed by atoms with Crippen LogP contribution in [0.15, 0.2) is 78.1 Å². The third kappa shape index (κ3) is 9.86. The lowest BCUT2D eigenvalue weighted by Gasteiger charge is -2.44. The summed E-state index contributed by atoms with van der Waals surface area (Å²) in [6.45, 7) is 1.45. The second-order valence-corrected chi connectivity index (χ2v) is 19.1. The number of ketones is 2. The highest BCUT2D eigenvalue weighted by atomic mass is 16.5. The molecule has 0 radical (unpaired) electrons. The number of nitrogens with two attached hydrogens (primary N) is 1. The average molecular weight is 860 g/mol. The van der Waals surface area contributed by atoms with Crippen molar-refractivity contribution in [1.29, 1.82) is 0 Å². The van der Waals surface area contributed by atoms with Crippen LogP contribution in [0.4, 0.5) is 0 Å². The summed E-state index contributed by atoms with van der Waals surface area (Å²) in [6, 6.07) is 17.9. The molecule has 11 heteroatoms. The first-order valence-electron chi connectivity index (χ1n) is 23.2. The molecule has 3 aliphatic carbocycles. The number of benzene rings is 3. The molecule has 3 fully saturated rings. The SMILES string of the molecule is COc1cc2c(cc1O)C(CC(O)C(O)CC(C1=CCNC(N)=C1)c1ccc3ccccc3c1)C#CC1(CCC(CC(CCO)C3CNC4CC(=O)CCC4C3)CC1O)C(=O)CC2. The fourth-order valence-corrected chi connectivity index (χ4v) is 11.6. The van der Waals surface area contributed by atoms with E-state index in [0.29, 0.717) is 80.5 Å². The van der Waals surface area contributed by atoms with Gasteiger partial charge in [-0.2, -0.15) is 0 Å². The fraction of sp³-hybridized carbons (Fsp3) is 0.538. The van der Waals surface area contributed by atoms with Crippen LogP contribution in [-0.4, -0.2) is 88.3 Å². The highest BCUT2D eigenvalue weighted by molar-refractivity contribution is 5.89. The van der Waals surface area contributed by atoms with Gasteiger partial charge < -0.3 is 46.6 Å². The number of carbonyl (C=O) groups excluding carboxylic acids is 2. The van der Waals surface area contributed by atoms with Crippen LogP contribution in [0.5, 0.6) is 11.5 Å². The third-order valence-corrected chi connectivity index (χ3v) is 15.3. The number of ether oxygens (including phenoxy) is 1. The van der Waals surface area contributed by atoms with E-state index in [2.05, 4.69) is 58.9 Å². The van der Waals surface area contributed by atoms with Crippen LogP contribution < -0.4 is 21.1 Å². The number of phenolic OH excluding ortho intramolecular Hbond substituents is 1. The Balaban J connectivity index is 1.03. The lowest BCUT2D eigenvalue weighted by Crippen LogP contribution is -2.50. The van der Waals surface area contributed by atoms with E-state index in [1.54, 1.807) is 12.1 Å². The highest BCUT2D eigenvalue weighted by Crippen LogP contribution is 2.47. The molecule has 11 nitrogen and oxygen atoms in total. The zero-order chi connectivity index (χ0) is 44.3. The van der Waals surface area contributed by atoms with Crippen LogP contribution in [-0.2, 0) is 16.0 Å². The zero-order valence-corrected chi connectivity index (χ0v) is 36.5. The Morgan fingerprint density at radius 3 is 2.59 bits per heavy atom. The van der Waals surface area contributed by atoms with Crippen molar-refractivity contribution in [1.82, 2.24) is 10.6 Å². The third-order valence-electron chi connectivity index (χ3n) is 15.3. The number of carbonyl (C=O) groups is 2. The molecular formula is C52H65N3O8. The monoisotopic (exact) mass is 859 g/mol. The van der Waals surface area contributed by atoms with E-state index in [0.717, 1.165) is 53.3 Å². The molecule has 9 N–H and O–H groups in total. The van der Waals surface area contributed by atoms with E-state index in [-0.39, 0.29) is 66.9 Å².